The van der Waals surface area contributed by atoms with Crippen LogP contribution in [0.2, 0.25) is 0 Å². The lowest BCUT2D eigenvalue weighted by atomic mass is 9.43. The lowest BCUT2D eigenvalue weighted by molar-refractivity contribution is -0.194. The molecule has 4 fully saturated rings. The number of hydrogen-bond donors (Lipinski definition) is 2. The highest BCUT2D eigenvalue weighted by molar-refractivity contribution is 5.66. The molecule has 10 atom stereocenters. The Hall–Kier alpha value is -1.10. The Bertz CT molecular complexity index is 706. The largest absolute Gasteiger partial charge is 0.481 e. The summed E-state index contributed by atoms with van der Waals surface area (Å²) in [6, 6.07) is 0. The van der Waals surface area contributed by atoms with Crippen LogP contribution >= 0.6 is 0 Å². The highest BCUT2D eigenvalue weighted by atomic mass is 16.5. The fourth-order valence-electron chi connectivity index (χ4n) is 9.04. The topological polar surface area (TPSA) is 83.8 Å². The number of carbonyl (C=O) groups is 2. The summed E-state index contributed by atoms with van der Waals surface area (Å²) in [7, 11) is 0. The summed E-state index contributed by atoms with van der Waals surface area (Å²) >= 11 is 0. The number of carboxylic acids is 1. The summed E-state index contributed by atoms with van der Waals surface area (Å²) in [5, 5.41) is 19.5. The van der Waals surface area contributed by atoms with Crippen LogP contribution in [0.4, 0.5) is 0 Å². The van der Waals surface area contributed by atoms with Crippen molar-refractivity contribution in [1.82, 2.24) is 0 Å². The first-order valence-corrected chi connectivity index (χ1v) is 12.6. The van der Waals surface area contributed by atoms with Crippen LogP contribution in [0, 0.1) is 46.3 Å². The Morgan fingerprint density at radius 2 is 1.71 bits per heavy atom. The van der Waals surface area contributed by atoms with Gasteiger partial charge in [0.1, 0.15) is 6.10 Å². The zero-order chi connectivity index (χ0) is 22.6. The molecular formula is C26H42O5. The summed E-state index contributed by atoms with van der Waals surface area (Å²) in [6.07, 6.45) is 9.14. The molecule has 0 bridgehead atoms. The number of fused-ring (bicyclic) bond motifs is 5. The molecule has 4 aliphatic carbocycles. The molecule has 0 aromatic rings. The van der Waals surface area contributed by atoms with Gasteiger partial charge in [-0.15, -0.1) is 0 Å². The molecular weight excluding hydrogens is 392 g/mol. The van der Waals surface area contributed by atoms with Crippen LogP contribution in [0.5, 0.6) is 0 Å². The van der Waals surface area contributed by atoms with Crippen molar-refractivity contribution in [3.05, 3.63) is 0 Å². The lowest BCUT2D eigenvalue weighted by Crippen LogP contribution is -2.59. The van der Waals surface area contributed by atoms with E-state index in [2.05, 4.69) is 20.8 Å². The van der Waals surface area contributed by atoms with E-state index in [0.29, 0.717) is 35.5 Å². The van der Waals surface area contributed by atoms with E-state index in [1.807, 2.05) is 0 Å². The van der Waals surface area contributed by atoms with Crippen LogP contribution < -0.4 is 0 Å². The Balaban J connectivity index is 1.62. The van der Waals surface area contributed by atoms with Crippen molar-refractivity contribution in [3.63, 3.8) is 0 Å². The van der Waals surface area contributed by atoms with E-state index in [4.69, 9.17) is 9.84 Å². The van der Waals surface area contributed by atoms with Crippen molar-refractivity contribution >= 4 is 11.9 Å². The van der Waals surface area contributed by atoms with E-state index in [1.165, 1.54) is 26.2 Å². The molecule has 4 rings (SSSR count). The molecule has 5 nitrogen and oxygen atoms in total. The van der Waals surface area contributed by atoms with Gasteiger partial charge in [-0.1, -0.05) is 20.8 Å². The molecule has 0 radical (unpaired) electrons. The maximum absolute atomic E-state index is 12.1. The normalized spacial score (nSPS) is 47.6. The predicted molar refractivity (Wildman–Crippen MR) is 118 cm³/mol. The van der Waals surface area contributed by atoms with Crippen molar-refractivity contribution in [2.75, 3.05) is 0 Å². The first-order chi connectivity index (χ1) is 14.6. The van der Waals surface area contributed by atoms with Crippen molar-refractivity contribution in [3.8, 4) is 0 Å². The van der Waals surface area contributed by atoms with E-state index >= 15 is 0 Å². The summed E-state index contributed by atoms with van der Waals surface area (Å²) in [5.41, 5.74) is 0.434. The Kier molecular flexibility index (Phi) is 6.22. The van der Waals surface area contributed by atoms with Gasteiger partial charge in [-0.05, 0) is 98.2 Å². The highest BCUT2D eigenvalue weighted by Gasteiger charge is 2.63. The number of aliphatic hydroxyl groups excluding tert-OH is 1. The predicted octanol–water partition coefficient (Wildman–Crippen LogP) is 5.05. The maximum Gasteiger partial charge on any atom is 0.303 e. The van der Waals surface area contributed by atoms with E-state index in [1.54, 1.807) is 0 Å². The summed E-state index contributed by atoms with van der Waals surface area (Å²) < 4.78 is 6.02. The molecule has 0 heterocycles. The van der Waals surface area contributed by atoms with Gasteiger partial charge in [-0.25, -0.2) is 0 Å². The molecule has 0 amide bonds. The minimum Gasteiger partial charge on any atom is -0.481 e. The van der Waals surface area contributed by atoms with Crippen LogP contribution in [-0.2, 0) is 14.3 Å². The fourth-order valence-corrected chi connectivity index (χ4v) is 9.04. The van der Waals surface area contributed by atoms with Gasteiger partial charge >= 0.3 is 11.9 Å². The van der Waals surface area contributed by atoms with Gasteiger partial charge in [0.05, 0.1) is 6.10 Å². The van der Waals surface area contributed by atoms with Crippen molar-refractivity contribution in [2.45, 2.75) is 104 Å². The van der Waals surface area contributed by atoms with Crippen LogP contribution in [0.1, 0.15) is 91.9 Å². The number of carboxylic acid groups (broad SMARTS) is 1. The molecule has 2 N–H and O–H groups in total. The third kappa shape index (κ3) is 3.94. The van der Waals surface area contributed by atoms with Gasteiger partial charge in [0.2, 0.25) is 0 Å². The summed E-state index contributed by atoms with van der Waals surface area (Å²) in [6.45, 7) is 8.69. The van der Waals surface area contributed by atoms with Crippen LogP contribution in [-0.4, -0.2) is 34.4 Å². The van der Waals surface area contributed by atoms with Crippen LogP contribution in [0.15, 0.2) is 0 Å². The average Bonchev–Trinajstić information content (AvgIpc) is 3.04. The molecule has 0 saturated heterocycles. The Morgan fingerprint density at radius 3 is 2.39 bits per heavy atom. The Labute approximate surface area is 187 Å². The minimum atomic E-state index is -0.698. The second-order valence-electron chi connectivity index (χ2n) is 11.9. The van der Waals surface area contributed by atoms with Gasteiger partial charge in [-0.3, -0.25) is 9.59 Å². The van der Waals surface area contributed by atoms with E-state index in [-0.39, 0.29) is 35.4 Å². The second kappa shape index (κ2) is 8.35. The third-order valence-corrected chi connectivity index (χ3v) is 10.5. The minimum absolute atomic E-state index is 0.0384. The monoisotopic (exact) mass is 434 g/mol. The number of ether oxygens (including phenoxy) is 1. The smallest absolute Gasteiger partial charge is 0.303 e. The Morgan fingerprint density at radius 1 is 1.03 bits per heavy atom. The first-order valence-electron chi connectivity index (χ1n) is 12.6. The SMILES string of the molecule is CC(=O)O[C@H]1CC2C[C@@H](O)CC[C@]2(C)[C@H]2CC[C@]3(C)[C@@H]([C@H](C)CCC(=O)O)CC[C@H]3[C@H]12. The van der Waals surface area contributed by atoms with Gasteiger partial charge < -0.3 is 14.9 Å². The molecule has 0 aliphatic heterocycles. The molecule has 0 aromatic carbocycles. The highest BCUT2D eigenvalue weighted by Crippen LogP contribution is 2.68. The molecule has 1 unspecified atom stereocenters. The van der Waals surface area contributed by atoms with E-state index < -0.39 is 5.97 Å². The fraction of sp³-hybridized carbons (Fsp3) is 0.923. The number of hydrogen-bond acceptors (Lipinski definition) is 4. The number of carbonyl (C=O) groups excluding carboxylic acids is 1. The first kappa shape index (κ1) is 23.1. The quantitative estimate of drug-likeness (QED) is 0.592. The third-order valence-electron chi connectivity index (χ3n) is 10.5. The van der Waals surface area contributed by atoms with Gasteiger partial charge in [0.15, 0.2) is 0 Å². The molecule has 5 heteroatoms. The molecule has 4 aliphatic rings. The average molecular weight is 435 g/mol. The molecule has 0 spiro atoms. The molecule has 4 saturated carbocycles. The number of aliphatic hydroxyl groups is 1. The number of rotatable bonds is 5. The van der Waals surface area contributed by atoms with E-state index in [0.717, 1.165) is 38.5 Å². The zero-order valence-corrected chi connectivity index (χ0v) is 19.8. The molecule has 31 heavy (non-hydrogen) atoms. The van der Waals surface area contributed by atoms with Gasteiger partial charge in [-0.2, -0.15) is 0 Å². The van der Waals surface area contributed by atoms with Crippen LogP contribution in [0.3, 0.4) is 0 Å². The maximum atomic E-state index is 12.1. The van der Waals surface area contributed by atoms with Crippen molar-refractivity contribution in [2.24, 2.45) is 46.3 Å². The lowest BCUT2D eigenvalue weighted by Gasteiger charge is -2.62. The molecule has 0 aromatic heterocycles. The summed E-state index contributed by atoms with van der Waals surface area (Å²) in [4.78, 5) is 23.2. The van der Waals surface area contributed by atoms with Gasteiger partial charge in [0, 0.05) is 19.3 Å². The van der Waals surface area contributed by atoms with Crippen molar-refractivity contribution in [1.29, 1.82) is 0 Å². The second-order valence-corrected chi connectivity index (χ2v) is 11.9. The molecule has 176 valence electrons. The standard InChI is InChI=1S/C26H42O5/c1-15(5-8-23(29)30)19-6-7-20-24-21(10-12-26(19,20)4)25(3)11-9-18(28)13-17(25)14-22(24)31-16(2)27/h15,17-22,24,28H,5-14H2,1-4H3,(H,29,30)/t15-,17?,18+,19-,20+,21+,22+,24+,25+,26-/m1/s1. The van der Waals surface area contributed by atoms with Crippen LogP contribution in [0.25, 0.3) is 0 Å². The summed E-state index contributed by atoms with van der Waals surface area (Å²) in [5.74, 6) is 2.00. The van der Waals surface area contributed by atoms with Crippen molar-refractivity contribution < 1.29 is 24.5 Å². The van der Waals surface area contributed by atoms with E-state index in [9.17, 15) is 14.7 Å². The van der Waals surface area contributed by atoms with Gasteiger partial charge in [0.25, 0.3) is 0 Å². The number of aliphatic carboxylic acids is 1. The zero-order valence-electron chi connectivity index (χ0n) is 19.8. The number of esters is 1.